The van der Waals surface area contributed by atoms with Crippen molar-refractivity contribution in [3.8, 4) is 5.75 Å². The Labute approximate surface area is 129 Å². The highest BCUT2D eigenvalue weighted by Gasteiger charge is 2.19. The smallest absolute Gasteiger partial charge is 0.321 e. The zero-order valence-corrected chi connectivity index (χ0v) is 13.1. The highest BCUT2D eigenvalue weighted by atomic mass is 35.7. The highest BCUT2D eigenvalue weighted by molar-refractivity contribution is 8.14. The van der Waals surface area contributed by atoms with Gasteiger partial charge in [0, 0.05) is 10.7 Å². The van der Waals surface area contributed by atoms with Gasteiger partial charge < -0.3 is 4.74 Å². The average Bonchev–Trinajstić information content (AvgIpc) is 2.43. The first-order valence-corrected chi connectivity index (χ1v) is 8.70. The second-order valence-corrected chi connectivity index (χ2v) is 6.95. The number of para-hydroxylation sites is 1. The Kier molecular flexibility index (Phi) is 5.09. The van der Waals surface area contributed by atoms with Crippen molar-refractivity contribution in [1.82, 2.24) is 0 Å². The number of benzene rings is 2. The molecule has 0 radical (unpaired) electrons. The Morgan fingerprint density at radius 1 is 1.10 bits per heavy atom. The molecule has 0 bridgehead atoms. The fourth-order valence-electron chi connectivity index (χ4n) is 1.91. The van der Waals surface area contributed by atoms with E-state index in [0.717, 1.165) is 9.87 Å². The molecule has 2 aromatic carbocycles. The van der Waals surface area contributed by atoms with E-state index in [2.05, 4.69) is 0 Å². The van der Waals surface area contributed by atoms with E-state index in [1.807, 2.05) is 43.3 Å². The van der Waals surface area contributed by atoms with Crippen LogP contribution in [0.15, 0.2) is 54.6 Å². The van der Waals surface area contributed by atoms with Crippen LogP contribution in [0.4, 0.5) is 5.69 Å². The number of rotatable bonds is 6. The summed E-state index contributed by atoms with van der Waals surface area (Å²) in [6.07, 6.45) is 0. The summed E-state index contributed by atoms with van der Waals surface area (Å²) in [5.74, 6) is 0.689. The predicted molar refractivity (Wildman–Crippen MR) is 85.2 cm³/mol. The van der Waals surface area contributed by atoms with E-state index in [1.165, 1.54) is 0 Å². The summed E-state index contributed by atoms with van der Waals surface area (Å²) < 4.78 is 30.1. The minimum atomic E-state index is -3.86. The maximum atomic E-state index is 11.7. The van der Waals surface area contributed by atoms with Crippen LogP contribution in [0.25, 0.3) is 0 Å². The first-order valence-electron chi connectivity index (χ1n) is 6.43. The molecule has 0 spiro atoms. The number of nitrogens with zero attached hydrogens (tertiary/aromatic N) is 1. The normalized spacial score (nSPS) is 11.1. The second-order valence-electron chi connectivity index (χ2n) is 4.51. The van der Waals surface area contributed by atoms with Gasteiger partial charge in [0.05, 0.1) is 12.2 Å². The maximum absolute atomic E-state index is 11.7. The van der Waals surface area contributed by atoms with Gasteiger partial charge in [-0.15, -0.1) is 0 Å². The van der Waals surface area contributed by atoms with Gasteiger partial charge in [-0.05, 0) is 36.8 Å². The van der Waals surface area contributed by atoms with Crippen LogP contribution in [-0.4, -0.2) is 21.6 Å². The standard InChI is InChI=1S/C15H16ClNO3S/c1-13-6-5-7-14(12-13)17(21(16,18)19)10-11-20-15-8-3-2-4-9-15/h2-9,12H,10-11H2,1H3. The molecule has 0 aliphatic carbocycles. The van der Waals surface area contributed by atoms with Gasteiger partial charge in [0.2, 0.25) is 0 Å². The molecule has 0 aliphatic heterocycles. The van der Waals surface area contributed by atoms with Gasteiger partial charge in [-0.25, -0.2) is 0 Å². The van der Waals surface area contributed by atoms with Crippen molar-refractivity contribution in [1.29, 1.82) is 0 Å². The van der Waals surface area contributed by atoms with Crippen molar-refractivity contribution in [2.45, 2.75) is 6.92 Å². The molecule has 21 heavy (non-hydrogen) atoms. The van der Waals surface area contributed by atoms with Crippen molar-refractivity contribution >= 4 is 25.6 Å². The van der Waals surface area contributed by atoms with Crippen molar-refractivity contribution in [3.05, 3.63) is 60.2 Å². The number of hydrogen-bond acceptors (Lipinski definition) is 3. The van der Waals surface area contributed by atoms with Crippen LogP contribution >= 0.6 is 10.7 Å². The third kappa shape index (κ3) is 4.65. The van der Waals surface area contributed by atoms with Gasteiger partial charge in [-0.2, -0.15) is 8.42 Å². The monoisotopic (exact) mass is 325 g/mol. The van der Waals surface area contributed by atoms with Crippen molar-refractivity contribution in [2.24, 2.45) is 0 Å². The van der Waals surface area contributed by atoms with Crippen molar-refractivity contribution < 1.29 is 13.2 Å². The SMILES string of the molecule is Cc1cccc(N(CCOc2ccccc2)S(=O)(=O)Cl)c1. The van der Waals surface area contributed by atoms with Crippen LogP contribution in [-0.2, 0) is 9.24 Å². The van der Waals surface area contributed by atoms with E-state index in [1.54, 1.807) is 18.2 Å². The van der Waals surface area contributed by atoms with Gasteiger partial charge in [0.15, 0.2) is 0 Å². The van der Waals surface area contributed by atoms with Crippen LogP contribution in [0.3, 0.4) is 0 Å². The number of hydrogen-bond donors (Lipinski definition) is 0. The zero-order chi connectivity index (χ0) is 15.3. The molecular formula is C15H16ClNO3S. The third-order valence-electron chi connectivity index (χ3n) is 2.86. The molecule has 4 nitrogen and oxygen atoms in total. The van der Waals surface area contributed by atoms with Gasteiger partial charge in [0.1, 0.15) is 12.4 Å². The van der Waals surface area contributed by atoms with E-state index in [0.29, 0.717) is 11.4 Å². The predicted octanol–water partition coefficient (Wildman–Crippen LogP) is 3.36. The largest absolute Gasteiger partial charge is 0.492 e. The van der Waals surface area contributed by atoms with Gasteiger partial charge in [-0.3, -0.25) is 4.31 Å². The molecule has 112 valence electrons. The Balaban J connectivity index is 2.08. The van der Waals surface area contributed by atoms with Crippen LogP contribution in [0.2, 0.25) is 0 Å². The molecule has 0 saturated carbocycles. The Hall–Kier alpha value is -1.72. The summed E-state index contributed by atoms with van der Waals surface area (Å²) in [6, 6.07) is 16.4. The molecule has 0 aliphatic rings. The second kappa shape index (κ2) is 6.83. The molecule has 0 heterocycles. The Morgan fingerprint density at radius 3 is 2.43 bits per heavy atom. The summed E-state index contributed by atoms with van der Waals surface area (Å²) in [5.41, 5.74) is 1.49. The molecule has 0 aromatic heterocycles. The summed E-state index contributed by atoms with van der Waals surface area (Å²) in [6.45, 7) is 2.25. The lowest BCUT2D eigenvalue weighted by atomic mass is 10.2. The van der Waals surface area contributed by atoms with E-state index in [4.69, 9.17) is 15.4 Å². The molecule has 2 aromatic rings. The minimum Gasteiger partial charge on any atom is -0.492 e. The molecule has 0 saturated heterocycles. The fraction of sp³-hybridized carbons (Fsp3) is 0.200. The fourth-order valence-corrected chi connectivity index (χ4v) is 3.01. The van der Waals surface area contributed by atoms with E-state index < -0.39 is 9.24 Å². The molecule has 0 N–H and O–H groups in total. The van der Waals surface area contributed by atoms with Crippen LogP contribution in [0, 0.1) is 6.92 Å². The molecule has 6 heteroatoms. The highest BCUT2D eigenvalue weighted by Crippen LogP contribution is 2.21. The number of ether oxygens (including phenoxy) is 1. The van der Waals surface area contributed by atoms with Gasteiger partial charge in [-0.1, -0.05) is 30.3 Å². The summed E-state index contributed by atoms with van der Waals surface area (Å²) in [7, 11) is 1.65. The average molecular weight is 326 g/mol. The zero-order valence-electron chi connectivity index (χ0n) is 11.6. The number of anilines is 1. The topological polar surface area (TPSA) is 46.6 Å². The lowest BCUT2D eigenvalue weighted by molar-refractivity contribution is 0.329. The molecular weight excluding hydrogens is 310 g/mol. The summed E-state index contributed by atoms with van der Waals surface area (Å²) >= 11 is 0. The summed E-state index contributed by atoms with van der Waals surface area (Å²) in [4.78, 5) is 0. The summed E-state index contributed by atoms with van der Waals surface area (Å²) in [5, 5.41) is 0. The first kappa shape index (κ1) is 15.7. The first-order chi connectivity index (χ1) is 9.97. The lowest BCUT2D eigenvalue weighted by Gasteiger charge is -2.21. The maximum Gasteiger partial charge on any atom is 0.321 e. The van der Waals surface area contributed by atoms with E-state index >= 15 is 0 Å². The Bertz CT molecular complexity index is 689. The quantitative estimate of drug-likeness (QED) is 0.765. The minimum absolute atomic E-state index is 0.143. The van der Waals surface area contributed by atoms with E-state index in [-0.39, 0.29) is 13.2 Å². The molecule has 0 fully saturated rings. The molecule has 0 unspecified atom stereocenters. The van der Waals surface area contributed by atoms with Gasteiger partial charge in [0.25, 0.3) is 0 Å². The van der Waals surface area contributed by atoms with E-state index in [9.17, 15) is 8.42 Å². The number of halogens is 1. The molecule has 2 rings (SSSR count). The van der Waals surface area contributed by atoms with Crippen LogP contribution < -0.4 is 9.04 Å². The third-order valence-corrected chi connectivity index (χ3v) is 4.28. The lowest BCUT2D eigenvalue weighted by Crippen LogP contribution is -2.31. The van der Waals surface area contributed by atoms with Crippen LogP contribution in [0.1, 0.15) is 5.56 Å². The molecule has 0 amide bonds. The van der Waals surface area contributed by atoms with Crippen LogP contribution in [0.5, 0.6) is 5.75 Å². The van der Waals surface area contributed by atoms with Crippen molar-refractivity contribution in [2.75, 3.05) is 17.5 Å². The Morgan fingerprint density at radius 2 is 1.81 bits per heavy atom. The van der Waals surface area contributed by atoms with Crippen molar-refractivity contribution in [3.63, 3.8) is 0 Å². The number of aryl methyl sites for hydroxylation is 1. The van der Waals surface area contributed by atoms with Gasteiger partial charge >= 0.3 is 9.24 Å². The molecule has 0 atom stereocenters.